The predicted molar refractivity (Wildman–Crippen MR) is 130 cm³/mol. The van der Waals surface area contributed by atoms with Gasteiger partial charge in [0.05, 0.1) is 5.92 Å². The molecule has 1 unspecified atom stereocenters. The molecule has 0 fully saturated rings. The molecule has 0 saturated heterocycles. The zero-order valence-electron chi connectivity index (χ0n) is 19.2. The number of fused-ring (bicyclic) bond motifs is 2. The first kappa shape index (κ1) is 24.6. The van der Waals surface area contributed by atoms with Gasteiger partial charge in [-0.1, -0.05) is 36.0 Å². The monoisotopic (exact) mass is 498 g/mol. The highest BCUT2D eigenvalue weighted by Crippen LogP contribution is 2.33. The van der Waals surface area contributed by atoms with Crippen molar-refractivity contribution >= 4 is 40.3 Å². The number of amides is 2. The fourth-order valence-electron chi connectivity index (χ4n) is 4.24. The van der Waals surface area contributed by atoms with E-state index in [0.717, 1.165) is 22.9 Å². The summed E-state index contributed by atoms with van der Waals surface area (Å²) in [5.41, 5.74) is 2.23. The molecule has 10 heteroatoms. The van der Waals surface area contributed by atoms with Crippen molar-refractivity contribution in [3.63, 3.8) is 0 Å². The van der Waals surface area contributed by atoms with Gasteiger partial charge in [-0.3, -0.25) is 24.1 Å². The lowest BCUT2D eigenvalue weighted by Gasteiger charge is -2.26. The molecule has 2 aliphatic heterocycles. The topological polar surface area (TPSA) is 122 Å². The van der Waals surface area contributed by atoms with Gasteiger partial charge >= 0.3 is 5.97 Å². The van der Waals surface area contributed by atoms with Gasteiger partial charge in [-0.15, -0.1) is 0 Å². The van der Waals surface area contributed by atoms with Crippen molar-refractivity contribution < 1.29 is 33.8 Å². The van der Waals surface area contributed by atoms with Gasteiger partial charge in [0, 0.05) is 18.4 Å². The highest BCUT2D eigenvalue weighted by molar-refractivity contribution is 8.13. The number of thioether (sulfide) groups is 1. The molecule has 2 aliphatic rings. The van der Waals surface area contributed by atoms with Crippen LogP contribution in [0.15, 0.2) is 42.5 Å². The molecule has 9 nitrogen and oxygen atoms in total. The normalized spacial score (nSPS) is 17.3. The summed E-state index contributed by atoms with van der Waals surface area (Å²) < 4.78 is 10.8. The second kappa shape index (κ2) is 10.8. The lowest BCUT2D eigenvalue weighted by molar-refractivity contribution is -0.137. The molecule has 0 radical (unpaired) electrons. The smallest absolute Gasteiger partial charge is 0.323 e. The van der Waals surface area contributed by atoms with Crippen molar-refractivity contribution in [1.29, 1.82) is 0 Å². The number of carbonyl (C=O) groups excluding carboxylic acids is 3. The van der Waals surface area contributed by atoms with Crippen LogP contribution in [0.2, 0.25) is 0 Å². The fourth-order valence-corrected chi connectivity index (χ4v) is 4.94. The Morgan fingerprint density at radius 3 is 2.71 bits per heavy atom. The number of aryl methyl sites for hydroxylation is 1. The summed E-state index contributed by atoms with van der Waals surface area (Å²) in [6.45, 7) is 1.08. The van der Waals surface area contributed by atoms with E-state index in [2.05, 4.69) is 5.32 Å². The number of carbonyl (C=O) groups is 4. The Kier molecular flexibility index (Phi) is 7.60. The average Bonchev–Trinajstić information content (AvgIpc) is 3.25. The Morgan fingerprint density at radius 2 is 1.94 bits per heavy atom. The van der Waals surface area contributed by atoms with Crippen molar-refractivity contribution in [2.45, 2.75) is 32.2 Å². The summed E-state index contributed by atoms with van der Waals surface area (Å²) in [5, 5.41) is 12.1. The molecule has 2 aromatic rings. The molecule has 0 saturated carbocycles. The Hall–Kier alpha value is -3.53. The molecule has 4 rings (SSSR count). The number of hydrogen-bond acceptors (Lipinski definition) is 7. The van der Waals surface area contributed by atoms with E-state index in [0.29, 0.717) is 36.4 Å². The molecule has 0 spiro atoms. The lowest BCUT2D eigenvalue weighted by Crippen LogP contribution is -2.51. The Bertz CT molecular complexity index is 1150. The molecule has 0 bridgehead atoms. The number of nitrogens with one attached hydrogen (secondary N) is 1. The minimum Gasteiger partial charge on any atom is -0.480 e. The number of hydrogen-bond donors (Lipinski definition) is 2. The van der Waals surface area contributed by atoms with E-state index < -0.39 is 30.4 Å². The second-order valence-corrected chi connectivity index (χ2v) is 9.63. The van der Waals surface area contributed by atoms with E-state index in [1.54, 1.807) is 18.2 Å². The van der Waals surface area contributed by atoms with Crippen LogP contribution in [-0.2, 0) is 32.0 Å². The van der Waals surface area contributed by atoms with E-state index in [1.165, 1.54) is 11.8 Å². The minimum absolute atomic E-state index is 0.109. The molecule has 0 aliphatic carbocycles. The van der Waals surface area contributed by atoms with Gasteiger partial charge in [0.25, 0.3) is 0 Å². The number of nitrogens with zero attached hydrogens (tertiary/aromatic N) is 1. The Balaban J connectivity index is 1.52. The summed E-state index contributed by atoms with van der Waals surface area (Å²) in [5.74, 6) is -1.08. The predicted octanol–water partition coefficient (Wildman–Crippen LogP) is 2.40. The third-order valence-electron chi connectivity index (χ3n) is 5.94. The van der Waals surface area contributed by atoms with Crippen LogP contribution in [0.4, 0.5) is 5.69 Å². The van der Waals surface area contributed by atoms with Crippen LogP contribution in [0.3, 0.4) is 0 Å². The summed E-state index contributed by atoms with van der Waals surface area (Å²) in [6, 6.07) is 11.7. The Morgan fingerprint density at radius 1 is 1.17 bits per heavy atom. The number of carboxylic acid groups (broad SMARTS) is 1. The van der Waals surface area contributed by atoms with Gasteiger partial charge < -0.3 is 19.9 Å². The van der Waals surface area contributed by atoms with Gasteiger partial charge in [0.1, 0.15) is 12.6 Å². The van der Waals surface area contributed by atoms with E-state index in [9.17, 15) is 24.3 Å². The number of para-hydroxylation sites is 1. The third kappa shape index (κ3) is 5.94. The van der Waals surface area contributed by atoms with Gasteiger partial charge in [0.15, 0.2) is 16.6 Å². The highest BCUT2D eigenvalue weighted by atomic mass is 32.2. The van der Waals surface area contributed by atoms with Gasteiger partial charge in [0.2, 0.25) is 18.6 Å². The first-order valence-corrected chi connectivity index (χ1v) is 12.2. The van der Waals surface area contributed by atoms with E-state index in [-0.39, 0.29) is 23.6 Å². The van der Waals surface area contributed by atoms with Crippen molar-refractivity contribution in [1.82, 2.24) is 5.32 Å². The lowest BCUT2D eigenvalue weighted by atomic mass is 9.98. The summed E-state index contributed by atoms with van der Waals surface area (Å²) in [6.07, 6.45) is 1.19. The zero-order chi connectivity index (χ0) is 24.9. The van der Waals surface area contributed by atoms with Crippen LogP contribution >= 0.6 is 11.8 Å². The van der Waals surface area contributed by atoms with E-state index in [4.69, 9.17) is 9.47 Å². The maximum atomic E-state index is 13.3. The number of benzene rings is 2. The SMILES string of the molecule is CC(=O)SC[C@@H](Cc1ccc2c(c1)OCO2)C(=O)NC1CCc2ccccc2N(CC(=O)O)C1=O. The molecular weight excluding hydrogens is 472 g/mol. The van der Waals surface area contributed by atoms with Crippen LogP contribution < -0.4 is 19.7 Å². The van der Waals surface area contributed by atoms with Crippen molar-refractivity contribution in [3.8, 4) is 11.5 Å². The van der Waals surface area contributed by atoms with Crippen LogP contribution in [0.5, 0.6) is 11.5 Å². The van der Waals surface area contributed by atoms with Crippen LogP contribution in [-0.4, -0.2) is 53.1 Å². The largest absolute Gasteiger partial charge is 0.480 e. The maximum absolute atomic E-state index is 13.3. The van der Waals surface area contributed by atoms with E-state index >= 15 is 0 Å². The summed E-state index contributed by atoms with van der Waals surface area (Å²) in [7, 11) is 0. The van der Waals surface area contributed by atoms with Crippen molar-refractivity contribution in [3.05, 3.63) is 53.6 Å². The van der Waals surface area contributed by atoms with Crippen LogP contribution in [0.1, 0.15) is 24.5 Å². The number of ether oxygens (including phenoxy) is 2. The number of anilines is 1. The van der Waals surface area contributed by atoms with Crippen molar-refractivity contribution in [2.75, 3.05) is 24.0 Å². The number of aliphatic carboxylic acids is 1. The third-order valence-corrected chi connectivity index (χ3v) is 6.91. The van der Waals surface area contributed by atoms with Crippen molar-refractivity contribution in [2.24, 2.45) is 5.92 Å². The summed E-state index contributed by atoms with van der Waals surface area (Å²) in [4.78, 5) is 51.0. The zero-order valence-corrected chi connectivity index (χ0v) is 20.0. The molecule has 184 valence electrons. The molecule has 2 atom stereocenters. The molecule has 0 aromatic heterocycles. The minimum atomic E-state index is -1.14. The standard InChI is InChI=1S/C25H26N2O7S/c1-15(28)35-13-18(10-16-6-9-21-22(11-16)34-14-33-21)24(31)26-19-8-7-17-4-2-3-5-20(17)27(25(19)32)12-23(29)30/h2-6,9,11,18-19H,7-8,10,12-14H2,1H3,(H,26,31)(H,29,30)/t18-,19?/m1/s1. The van der Waals surface area contributed by atoms with E-state index in [1.807, 2.05) is 24.3 Å². The first-order chi connectivity index (χ1) is 16.8. The second-order valence-electron chi connectivity index (χ2n) is 8.44. The van der Waals surface area contributed by atoms with Crippen LogP contribution in [0.25, 0.3) is 0 Å². The quantitative estimate of drug-likeness (QED) is 0.569. The van der Waals surface area contributed by atoms with Gasteiger partial charge in [-0.2, -0.15) is 0 Å². The molecule has 2 N–H and O–H groups in total. The Labute approximate surface area is 206 Å². The van der Waals surface area contributed by atoms with Gasteiger partial charge in [-0.25, -0.2) is 0 Å². The highest BCUT2D eigenvalue weighted by Gasteiger charge is 2.34. The molecular formula is C25H26N2O7S. The van der Waals surface area contributed by atoms with Gasteiger partial charge in [-0.05, 0) is 48.6 Å². The molecule has 35 heavy (non-hydrogen) atoms. The summed E-state index contributed by atoms with van der Waals surface area (Å²) >= 11 is 1.05. The number of rotatable bonds is 8. The first-order valence-electron chi connectivity index (χ1n) is 11.2. The molecule has 2 aromatic carbocycles. The number of carboxylic acids is 1. The van der Waals surface area contributed by atoms with Crippen LogP contribution in [0, 0.1) is 5.92 Å². The molecule has 2 amide bonds. The average molecular weight is 499 g/mol. The fraction of sp³-hybridized carbons (Fsp3) is 0.360. The maximum Gasteiger partial charge on any atom is 0.323 e. The molecule has 2 heterocycles.